The van der Waals surface area contributed by atoms with Crippen molar-refractivity contribution in [3.63, 3.8) is 0 Å². The fourth-order valence-corrected chi connectivity index (χ4v) is 3.52. The van der Waals surface area contributed by atoms with Gasteiger partial charge in [-0.05, 0) is 54.9 Å². The van der Waals surface area contributed by atoms with Crippen molar-refractivity contribution < 1.29 is 14.3 Å². The number of rotatable bonds is 5. The van der Waals surface area contributed by atoms with Gasteiger partial charge in [0.05, 0.1) is 5.56 Å². The predicted octanol–water partition coefficient (Wildman–Crippen LogP) is 5.20. The van der Waals surface area contributed by atoms with E-state index in [0.29, 0.717) is 17.9 Å². The monoisotopic (exact) mass is 409 g/mol. The lowest BCUT2D eigenvalue weighted by atomic mass is 9.88. The molecule has 0 unspecified atom stereocenters. The number of carbonyl (C=O) groups is 1. The molecule has 0 aromatic heterocycles. The highest BCUT2D eigenvalue weighted by Crippen LogP contribution is 2.28. The summed E-state index contributed by atoms with van der Waals surface area (Å²) in [5.41, 5.74) is 1.74. The molecule has 1 aliphatic heterocycles. The number of piperidine rings is 1. The Hall–Kier alpha value is -2.82. The Balaban J connectivity index is 0.00000240. The minimum Gasteiger partial charge on any atom is -0.457 e. The number of carbonyl (C=O) groups excluding carboxylic acids is 1. The van der Waals surface area contributed by atoms with E-state index in [1.54, 1.807) is 24.3 Å². The van der Waals surface area contributed by atoms with Crippen LogP contribution in [0.1, 0.15) is 28.3 Å². The zero-order valence-electron chi connectivity index (χ0n) is 16.0. The molecule has 1 N–H and O–H groups in total. The third kappa shape index (κ3) is 5.37. The van der Waals surface area contributed by atoms with Crippen molar-refractivity contribution in [3.05, 3.63) is 96.1 Å². The van der Waals surface area contributed by atoms with Crippen LogP contribution in [-0.2, 0) is 4.74 Å². The van der Waals surface area contributed by atoms with Gasteiger partial charge in [-0.3, -0.25) is 0 Å². The Labute approximate surface area is 177 Å². The van der Waals surface area contributed by atoms with Crippen molar-refractivity contribution in [1.82, 2.24) is 5.32 Å². The van der Waals surface area contributed by atoms with Crippen LogP contribution in [0.15, 0.2) is 84.9 Å². The van der Waals surface area contributed by atoms with E-state index >= 15 is 0 Å². The van der Waals surface area contributed by atoms with Gasteiger partial charge in [0.2, 0.25) is 0 Å². The highest BCUT2D eigenvalue weighted by Gasteiger charge is 2.29. The van der Waals surface area contributed by atoms with E-state index < -0.39 is 0 Å². The SMILES string of the molecule is Cl.O=C(O[C@H]1CNCC[C@@H]1c1ccccc1)c1ccc(Oc2ccccc2)cc1. The number of esters is 1. The number of hydrogen-bond donors (Lipinski definition) is 1. The van der Waals surface area contributed by atoms with Crippen LogP contribution in [0.2, 0.25) is 0 Å². The topological polar surface area (TPSA) is 47.6 Å². The molecule has 2 atom stereocenters. The normalized spacial score (nSPS) is 18.3. The smallest absolute Gasteiger partial charge is 0.338 e. The summed E-state index contributed by atoms with van der Waals surface area (Å²) in [6, 6.07) is 26.9. The van der Waals surface area contributed by atoms with Gasteiger partial charge in [-0.15, -0.1) is 12.4 Å². The van der Waals surface area contributed by atoms with Crippen LogP contribution in [0, 0.1) is 0 Å². The van der Waals surface area contributed by atoms with Crippen molar-refractivity contribution in [2.24, 2.45) is 0 Å². The maximum Gasteiger partial charge on any atom is 0.338 e. The first-order valence-electron chi connectivity index (χ1n) is 9.59. The van der Waals surface area contributed by atoms with Crippen molar-refractivity contribution in [2.45, 2.75) is 18.4 Å². The molecule has 0 saturated carbocycles. The summed E-state index contributed by atoms with van der Waals surface area (Å²) in [7, 11) is 0. The fraction of sp³-hybridized carbons (Fsp3) is 0.208. The van der Waals surface area contributed by atoms with E-state index in [4.69, 9.17) is 9.47 Å². The van der Waals surface area contributed by atoms with Gasteiger partial charge < -0.3 is 14.8 Å². The third-order valence-electron chi connectivity index (χ3n) is 4.98. The van der Waals surface area contributed by atoms with E-state index in [1.807, 2.05) is 48.5 Å². The number of benzene rings is 3. The molecule has 0 amide bonds. The second-order valence-corrected chi connectivity index (χ2v) is 6.89. The minimum atomic E-state index is -0.305. The Kier molecular flexibility index (Phi) is 7.28. The van der Waals surface area contributed by atoms with Crippen molar-refractivity contribution in [2.75, 3.05) is 13.1 Å². The standard InChI is InChI=1S/C24H23NO3.ClH/c26-24(19-11-13-21(14-12-19)27-20-9-5-2-6-10-20)28-23-17-25-16-15-22(23)18-7-3-1-4-8-18;/h1-14,22-23,25H,15-17H2;1H/t22-,23+;/m1./s1. The van der Waals surface area contributed by atoms with Crippen molar-refractivity contribution in [3.8, 4) is 11.5 Å². The first-order valence-corrected chi connectivity index (χ1v) is 9.59. The largest absolute Gasteiger partial charge is 0.457 e. The maximum atomic E-state index is 12.7. The summed E-state index contributed by atoms with van der Waals surface area (Å²) >= 11 is 0. The van der Waals surface area contributed by atoms with Crippen LogP contribution in [0.25, 0.3) is 0 Å². The van der Waals surface area contributed by atoms with E-state index in [1.165, 1.54) is 5.56 Å². The second kappa shape index (κ2) is 10.1. The number of nitrogens with one attached hydrogen (secondary N) is 1. The number of ether oxygens (including phenoxy) is 2. The molecule has 1 saturated heterocycles. The summed E-state index contributed by atoms with van der Waals surface area (Å²) in [6.45, 7) is 1.60. The zero-order valence-corrected chi connectivity index (χ0v) is 16.8. The molecule has 3 aromatic rings. The Morgan fingerprint density at radius 3 is 2.14 bits per heavy atom. The van der Waals surface area contributed by atoms with Gasteiger partial charge in [0.15, 0.2) is 0 Å². The summed E-state index contributed by atoms with van der Waals surface area (Å²) in [6.07, 6.45) is 0.773. The molecule has 0 bridgehead atoms. The Bertz CT molecular complexity index is 900. The van der Waals surface area contributed by atoms with Gasteiger partial charge in [-0.1, -0.05) is 48.5 Å². The van der Waals surface area contributed by atoms with E-state index in [-0.39, 0.29) is 30.4 Å². The molecule has 1 heterocycles. The first-order chi connectivity index (χ1) is 13.8. The lowest BCUT2D eigenvalue weighted by Gasteiger charge is -2.32. The van der Waals surface area contributed by atoms with Crippen LogP contribution in [0.3, 0.4) is 0 Å². The van der Waals surface area contributed by atoms with Gasteiger partial charge in [0.1, 0.15) is 17.6 Å². The number of para-hydroxylation sites is 1. The van der Waals surface area contributed by atoms with Crippen LogP contribution < -0.4 is 10.1 Å². The van der Waals surface area contributed by atoms with Gasteiger partial charge >= 0.3 is 5.97 Å². The molecule has 3 aromatic carbocycles. The molecular weight excluding hydrogens is 386 g/mol. The summed E-state index contributed by atoms with van der Waals surface area (Å²) in [5.74, 6) is 1.36. The lowest BCUT2D eigenvalue weighted by Crippen LogP contribution is -2.42. The molecule has 29 heavy (non-hydrogen) atoms. The van der Waals surface area contributed by atoms with Gasteiger partial charge in [-0.2, -0.15) is 0 Å². The second-order valence-electron chi connectivity index (χ2n) is 6.89. The lowest BCUT2D eigenvalue weighted by molar-refractivity contribution is 0.0182. The van der Waals surface area contributed by atoms with Crippen LogP contribution >= 0.6 is 12.4 Å². The number of halogens is 1. The van der Waals surface area contributed by atoms with E-state index in [9.17, 15) is 4.79 Å². The molecule has 1 fully saturated rings. The van der Waals surface area contributed by atoms with E-state index in [0.717, 1.165) is 18.7 Å². The molecule has 4 rings (SSSR count). The summed E-state index contributed by atoms with van der Waals surface area (Å²) in [5, 5.41) is 3.33. The maximum absolute atomic E-state index is 12.7. The predicted molar refractivity (Wildman–Crippen MR) is 116 cm³/mol. The fourth-order valence-electron chi connectivity index (χ4n) is 3.52. The van der Waals surface area contributed by atoms with Crippen LogP contribution in [0.5, 0.6) is 11.5 Å². The summed E-state index contributed by atoms with van der Waals surface area (Å²) in [4.78, 5) is 12.7. The molecule has 4 nitrogen and oxygen atoms in total. The van der Waals surface area contributed by atoms with Gasteiger partial charge in [0, 0.05) is 12.5 Å². The van der Waals surface area contributed by atoms with Gasteiger partial charge in [-0.25, -0.2) is 4.79 Å². The van der Waals surface area contributed by atoms with Gasteiger partial charge in [0.25, 0.3) is 0 Å². The highest BCUT2D eigenvalue weighted by molar-refractivity contribution is 5.89. The molecule has 0 aliphatic carbocycles. The highest BCUT2D eigenvalue weighted by atomic mass is 35.5. The molecule has 0 spiro atoms. The quantitative estimate of drug-likeness (QED) is 0.588. The number of hydrogen-bond acceptors (Lipinski definition) is 4. The first kappa shape index (κ1) is 20.9. The zero-order chi connectivity index (χ0) is 19.2. The molecule has 1 aliphatic rings. The Morgan fingerprint density at radius 2 is 1.45 bits per heavy atom. The molecule has 0 radical (unpaired) electrons. The molecule has 5 heteroatoms. The van der Waals surface area contributed by atoms with Crippen LogP contribution in [-0.4, -0.2) is 25.2 Å². The average molecular weight is 410 g/mol. The molecular formula is C24H24ClNO3. The van der Waals surface area contributed by atoms with Crippen molar-refractivity contribution in [1.29, 1.82) is 0 Å². The van der Waals surface area contributed by atoms with Crippen molar-refractivity contribution >= 4 is 18.4 Å². The molecule has 150 valence electrons. The minimum absolute atomic E-state index is 0. The Morgan fingerprint density at radius 1 is 0.828 bits per heavy atom. The summed E-state index contributed by atoms with van der Waals surface area (Å²) < 4.78 is 11.6. The van der Waals surface area contributed by atoms with Crippen LogP contribution in [0.4, 0.5) is 0 Å². The van der Waals surface area contributed by atoms with E-state index in [2.05, 4.69) is 17.4 Å². The average Bonchev–Trinajstić information content (AvgIpc) is 2.76. The third-order valence-corrected chi connectivity index (χ3v) is 4.98.